The zero-order valence-electron chi connectivity index (χ0n) is 12.3. The molecule has 1 heterocycles. The lowest BCUT2D eigenvalue weighted by Crippen LogP contribution is -2.32. The maximum atomic E-state index is 12.1. The third kappa shape index (κ3) is 5.23. The Balaban J connectivity index is 0.00000106. The summed E-state index contributed by atoms with van der Waals surface area (Å²) in [5.74, 6) is 1.53. The van der Waals surface area contributed by atoms with Crippen molar-refractivity contribution in [2.45, 2.75) is 19.9 Å². The highest BCUT2D eigenvalue weighted by Crippen LogP contribution is 2.07. The van der Waals surface area contributed by atoms with Gasteiger partial charge in [-0.2, -0.15) is 0 Å². The summed E-state index contributed by atoms with van der Waals surface area (Å²) in [4.78, 5) is 24.0. The highest BCUT2D eigenvalue weighted by molar-refractivity contribution is 9.08. The summed E-state index contributed by atoms with van der Waals surface area (Å²) in [6, 6.07) is 12.5. The Morgan fingerprint density at radius 1 is 0.952 bits per heavy atom. The zero-order chi connectivity index (χ0) is 15.7. The Kier molecular flexibility index (Phi) is 7.54. The van der Waals surface area contributed by atoms with Crippen molar-refractivity contribution in [3.8, 4) is 0 Å². The van der Waals surface area contributed by atoms with Crippen molar-refractivity contribution in [1.82, 2.24) is 0 Å². The van der Waals surface area contributed by atoms with Gasteiger partial charge in [0, 0.05) is 11.6 Å². The van der Waals surface area contributed by atoms with E-state index in [1.165, 1.54) is 0 Å². The average Bonchev–Trinajstić information content (AvgIpc) is 2.57. The Hall–Kier alpha value is -1.81. The molecule has 0 aliphatic carbocycles. The second-order valence-corrected chi connectivity index (χ2v) is 4.31. The molecule has 0 saturated carbocycles. The zero-order valence-corrected chi connectivity index (χ0v) is 13.8. The maximum absolute atomic E-state index is 12.1. The molecule has 3 nitrogen and oxygen atoms in total. The van der Waals surface area contributed by atoms with Gasteiger partial charge in [0.25, 0.3) is 0 Å². The van der Waals surface area contributed by atoms with Crippen LogP contribution < -0.4 is 4.57 Å². The summed E-state index contributed by atoms with van der Waals surface area (Å²) >= 11 is 2.94. The Labute approximate surface area is 133 Å². The number of rotatable bonds is 5. The molecule has 0 aliphatic rings. The van der Waals surface area contributed by atoms with Crippen molar-refractivity contribution in [3.05, 3.63) is 66.0 Å². The molecule has 1 aromatic carbocycles. The molecule has 0 amide bonds. The number of hydrogen-bond acceptors (Lipinski definition) is 2. The summed E-state index contributed by atoms with van der Waals surface area (Å²) in [6.07, 6.45) is 3.59. The number of hydrogen-bond donors (Lipinski definition) is 0. The van der Waals surface area contributed by atoms with E-state index in [-0.39, 0.29) is 18.0 Å². The summed E-state index contributed by atoms with van der Waals surface area (Å²) in [5.41, 5.74) is 1.16. The lowest BCUT2D eigenvalue weighted by atomic mass is 10.0. The molecule has 0 aliphatic heterocycles. The van der Waals surface area contributed by atoms with E-state index in [2.05, 4.69) is 15.9 Å². The average molecular weight is 349 g/mol. The number of alkyl halides is 1. The molecule has 0 spiro atoms. The van der Waals surface area contributed by atoms with Crippen LogP contribution in [0.15, 0.2) is 54.9 Å². The van der Waals surface area contributed by atoms with Crippen LogP contribution in [0.4, 0.5) is 0 Å². The number of nitrogens with zero attached hydrogens (tertiary/aromatic N) is 1. The molecule has 21 heavy (non-hydrogen) atoms. The summed E-state index contributed by atoms with van der Waals surface area (Å²) in [6.45, 7) is 2.80. The Morgan fingerprint density at radius 2 is 1.52 bits per heavy atom. The summed E-state index contributed by atoms with van der Waals surface area (Å²) in [5, 5.41) is 0. The minimum atomic E-state index is -0.142. The highest BCUT2D eigenvalue weighted by Gasteiger charge is 2.15. The Morgan fingerprint density at radius 3 is 2.14 bits per heavy atom. The molecule has 0 atom stereocenters. The predicted molar refractivity (Wildman–Crippen MR) is 86.9 cm³/mol. The number of benzene rings is 1. The quantitative estimate of drug-likeness (QED) is 0.359. The molecule has 0 saturated heterocycles. The van der Waals surface area contributed by atoms with Crippen LogP contribution in [0.1, 0.15) is 34.1 Å². The first-order valence-corrected chi connectivity index (χ1v) is 8.27. The maximum Gasteiger partial charge on any atom is 0.179 e. The standard InChI is InChI=1S/C16H16NO2.CH3Br/c1-2-17-10-6-9-14(12-17)16(19)11-15(18)13-7-4-3-5-8-13;1-2/h3-10,12H,2,11H2,1H3;1H3/q+1;. The Bertz CT molecular complexity index is 597. The highest BCUT2D eigenvalue weighted by atomic mass is 79.9. The van der Waals surface area contributed by atoms with Crippen molar-refractivity contribution in [1.29, 1.82) is 0 Å². The van der Waals surface area contributed by atoms with Gasteiger partial charge >= 0.3 is 0 Å². The molecule has 0 bridgehead atoms. The molecule has 0 unspecified atom stereocenters. The molecule has 4 heteroatoms. The SMILES string of the molecule is CBr.CC[n+]1cccc(C(=O)CC(=O)c2ccccc2)c1. The van der Waals surface area contributed by atoms with Crippen molar-refractivity contribution < 1.29 is 14.2 Å². The number of carbonyl (C=O) groups is 2. The van der Waals surface area contributed by atoms with Crippen LogP contribution in [-0.2, 0) is 6.54 Å². The first-order chi connectivity index (χ1) is 10.2. The van der Waals surface area contributed by atoms with Crippen LogP contribution >= 0.6 is 15.9 Å². The first kappa shape index (κ1) is 17.2. The predicted octanol–water partition coefficient (Wildman–Crippen LogP) is 3.46. The van der Waals surface area contributed by atoms with Gasteiger partial charge in [-0.3, -0.25) is 9.59 Å². The van der Waals surface area contributed by atoms with E-state index in [9.17, 15) is 9.59 Å². The molecule has 110 valence electrons. The molecule has 0 N–H and O–H groups in total. The largest absolute Gasteiger partial charge is 0.294 e. The van der Waals surface area contributed by atoms with Gasteiger partial charge in [-0.15, -0.1) is 0 Å². The topological polar surface area (TPSA) is 38.0 Å². The van der Waals surface area contributed by atoms with E-state index >= 15 is 0 Å². The number of ketones is 2. The second-order valence-electron chi connectivity index (χ2n) is 4.31. The molecule has 0 radical (unpaired) electrons. The minimum Gasteiger partial charge on any atom is -0.294 e. The van der Waals surface area contributed by atoms with Gasteiger partial charge in [-0.1, -0.05) is 46.3 Å². The minimum absolute atomic E-state index is 0.0856. The van der Waals surface area contributed by atoms with E-state index in [1.807, 2.05) is 35.7 Å². The number of aromatic nitrogens is 1. The second kappa shape index (κ2) is 9.19. The summed E-state index contributed by atoms with van der Waals surface area (Å²) < 4.78 is 1.92. The third-order valence-electron chi connectivity index (χ3n) is 2.96. The molecule has 2 rings (SSSR count). The molecular weight excluding hydrogens is 330 g/mol. The smallest absolute Gasteiger partial charge is 0.179 e. The van der Waals surface area contributed by atoms with Gasteiger partial charge in [-0.05, 0) is 18.8 Å². The number of carbonyl (C=O) groups excluding carboxylic acids is 2. The lowest BCUT2D eigenvalue weighted by molar-refractivity contribution is -0.693. The molecule has 2 aromatic rings. The van der Waals surface area contributed by atoms with E-state index in [4.69, 9.17) is 0 Å². The van der Waals surface area contributed by atoms with Crippen molar-refractivity contribution in [2.75, 3.05) is 5.83 Å². The van der Waals surface area contributed by atoms with Crippen LogP contribution in [0, 0.1) is 0 Å². The third-order valence-corrected chi connectivity index (χ3v) is 2.96. The van der Waals surface area contributed by atoms with Gasteiger partial charge in [0.1, 0.15) is 6.54 Å². The monoisotopic (exact) mass is 348 g/mol. The molecule has 0 fully saturated rings. The van der Waals surface area contributed by atoms with E-state index in [0.29, 0.717) is 11.1 Å². The van der Waals surface area contributed by atoms with Gasteiger partial charge < -0.3 is 0 Å². The summed E-state index contributed by atoms with van der Waals surface area (Å²) in [7, 11) is 0. The number of pyridine rings is 1. The fraction of sp³-hybridized carbons (Fsp3) is 0.235. The first-order valence-electron chi connectivity index (χ1n) is 6.69. The van der Waals surface area contributed by atoms with E-state index in [0.717, 1.165) is 6.54 Å². The normalized spacial score (nSPS) is 9.48. The lowest BCUT2D eigenvalue weighted by Gasteiger charge is -2.00. The fourth-order valence-corrected chi connectivity index (χ4v) is 1.86. The van der Waals surface area contributed by atoms with Crippen LogP contribution in [0.2, 0.25) is 0 Å². The van der Waals surface area contributed by atoms with Crippen molar-refractivity contribution in [2.24, 2.45) is 0 Å². The van der Waals surface area contributed by atoms with Crippen molar-refractivity contribution in [3.63, 3.8) is 0 Å². The molecule has 1 aromatic heterocycles. The number of aryl methyl sites for hydroxylation is 1. The van der Waals surface area contributed by atoms with Crippen LogP contribution in [-0.4, -0.2) is 17.4 Å². The van der Waals surface area contributed by atoms with Gasteiger partial charge in [0.05, 0.1) is 12.0 Å². The fourth-order valence-electron chi connectivity index (χ4n) is 1.86. The van der Waals surface area contributed by atoms with Crippen LogP contribution in [0.25, 0.3) is 0 Å². The van der Waals surface area contributed by atoms with Crippen LogP contribution in [0.3, 0.4) is 0 Å². The molecular formula is C17H19BrNO2+. The van der Waals surface area contributed by atoms with Gasteiger partial charge in [0.2, 0.25) is 0 Å². The van der Waals surface area contributed by atoms with Crippen molar-refractivity contribution >= 4 is 27.5 Å². The van der Waals surface area contributed by atoms with Gasteiger partial charge in [0.15, 0.2) is 24.0 Å². The van der Waals surface area contributed by atoms with Gasteiger partial charge in [-0.25, -0.2) is 4.57 Å². The number of Topliss-reactive ketones (excluding diaryl/α,β-unsaturated/α-hetero) is 2. The number of halogens is 1. The van der Waals surface area contributed by atoms with E-state index < -0.39 is 0 Å². The van der Waals surface area contributed by atoms with E-state index in [1.54, 1.807) is 36.5 Å². The van der Waals surface area contributed by atoms with Crippen LogP contribution in [0.5, 0.6) is 0 Å².